The van der Waals surface area contributed by atoms with Gasteiger partial charge in [-0.15, -0.1) is 12.4 Å². The number of nitrogens with one attached hydrogen (secondary N) is 2. The molecule has 2 N–H and O–H groups in total. The number of hydrogen-bond acceptors (Lipinski definition) is 2. The fourth-order valence-electron chi connectivity index (χ4n) is 1.90. The summed E-state index contributed by atoms with van der Waals surface area (Å²) in [4.78, 5) is 11.7. The molecular formula is C12H14ClF3N2O. The quantitative estimate of drug-likeness (QED) is 0.880. The third kappa shape index (κ3) is 4.11. The van der Waals surface area contributed by atoms with Crippen molar-refractivity contribution in [3.05, 3.63) is 29.8 Å². The number of hydrogen-bond donors (Lipinski definition) is 2. The number of rotatable bonds is 2. The number of carbonyl (C=O) groups excluding carboxylic acids is 1. The van der Waals surface area contributed by atoms with E-state index < -0.39 is 11.7 Å². The summed E-state index contributed by atoms with van der Waals surface area (Å²) in [6, 6.07) is 4.66. The summed E-state index contributed by atoms with van der Waals surface area (Å²) in [5.41, 5.74) is -0.577. The molecule has 0 saturated carbocycles. The van der Waals surface area contributed by atoms with Gasteiger partial charge in [0.2, 0.25) is 5.91 Å². The van der Waals surface area contributed by atoms with Crippen molar-refractivity contribution < 1.29 is 18.0 Å². The van der Waals surface area contributed by atoms with Crippen molar-refractivity contribution in [1.82, 2.24) is 5.32 Å². The van der Waals surface area contributed by atoms with Gasteiger partial charge in [0.05, 0.1) is 11.5 Å². The molecule has 1 atom stereocenters. The highest BCUT2D eigenvalue weighted by molar-refractivity contribution is 5.93. The Balaban J connectivity index is 0.00000180. The lowest BCUT2D eigenvalue weighted by Crippen LogP contribution is -2.24. The Morgan fingerprint density at radius 1 is 1.37 bits per heavy atom. The second-order valence-corrected chi connectivity index (χ2v) is 4.26. The van der Waals surface area contributed by atoms with E-state index in [-0.39, 0.29) is 29.9 Å². The zero-order valence-electron chi connectivity index (χ0n) is 9.96. The van der Waals surface area contributed by atoms with E-state index in [0.717, 1.165) is 18.7 Å². The topological polar surface area (TPSA) is 41.1 Å². The van der Waals surface area contributed by atoms with Gasteiger partial charge in [-0.2, -0.15) is 13.2 Å². The van der Waals surface area contributed by atoms with Gasteiger partial charge < -0.3 is 10.6 Å². The van der Waals surface area contributed by atoms with Crippen LogP contribution in [0.5, 0.6) is 0 Å². The maximum atomic E-state index is 12.5. The first kappa shape index (κ1) is 15.8. The zero-order valence-corrected chi connectivity index (χ0v) is 10.8. The molecule has 0 radical (unpaired) electrons. The summed E-state index contributed by atoms with van der Waals surface area (Å²) in [7, 11) is 0. The van der Waals surface area contributed by atoms with E-state index in [4.69, 9.17) is 0 Å². The smallest absolute Gasteiger partial charge is 0.326 e. The standard InChI is InChI=1S/C12H13F3N2O.ClH/c13-12(14,15)9-2-1-3-10(6-9)17-11(18)8-4-5-16-7-8;/h1-3,6,8,16H,4-5,7H2,(H,17,18);1H. The van der Waals surface area contributed by atoms with Gasteiger partial charge in [0, 0.05) is 12.2 Å². The molecule has 7 heteroatoms. The van der Waals surface area contributed by atoms with Crippen LogP contribution in [0.1, 0.15) is 12.0 Å². The van der Waals surface area contributed by atoms with Crippen LogP contribution in [0.2, 0.25) is 0 Å². The van der Waals surface area contributed by atoms with Crippen molar-refractivity contribution in [3.8, 4) is 0 Å². The van der Waals surface area contributed by atoms with Gasteiger partial charge in [0.15, 0.2) is 0 Å². The second-order valence-electron chi connectivity index (χ2n) is 4.26. The minimum Gasteiger partial charge on any atom is -0.326 e. The van der Waals surface area contributed by atoms with Crippen LogP contribution in [-0.4, -0.2) is 19.0 Å². The van der Waals surface area contributed by atoms with Crippen LogP contribution >= 0.6 is 12.4 Å². The van der Waals surface area contributed by atoms with Crippen LogP contribution in [0, 0.1) is 5.92 Å². The molecule has 0 aromatic heterocycles. The number of halogens is 4. The van der Waals surface area contributed by atoms with Crippen LogP contribution in [0.4, 0.5) is 18.9 Å². The third-order valence-corrected chi connectivity index (χ3v) is 2.89. The van der Waals surface area contributed by atoms with Crippen LogP contribution in [-0.2, 0) is 11.0 Å². The summed E-state index contributed by atoms with van der Waals surface area (Å²) in [5, 5.41) is 5.55. The van der Waals surface area contributed by atoms with Crippen molar-refractivity contribution in [2.24, 2.45) is 5.92 Å². The average Bonchev–Trinajstić information content (AvgIpc) is 2.81. The van der Waals surface area contributed by atoms with E-state index in [1.165, 1.54) is 12.1 Å². The molecule has 1 unspecified atom stereocenters. The Bertz CT molecular complexity index is 445. The minimum atomic E-state index is -4.39. The number of alkyl halides is 3. The predicted octanol–water partition coefficient (Wildman–Crippen LogP) is 2.68. The van der Waals surface area contributed by atoms with E-state index in [1.54, 1.807) is 0 Å². The molecule has 1 aliphatic heterocycles. The van der Waals surface area contributed by atoms with Crippen molar-refractivity contribution >= 4 is 24.0 Å². The normalized spacial score (nSPS) is 18.8. The summed E-state index contributed by atoms with van der Waals surface area (Å²) >= 11 is 0. The Hall–Kier alpha value is -1.27. The average molecular weight is 295 g/mol. The number of amides is 1. The number of anilines is 1. The van der Waals surface area contributed by atoms with E-state index in [9.17, 15) is 18.0 Å². The van der Waals surface area contributed by atoms with Gasteiger partial charge in [-0.1, -0.05) is 6.07 Å². The van der Waals surface area contributed by atoms with Gasteiger partial charge >= 0.3 is 6.18 Å². The fourth-order valence-corrected chi connectivity index (χ4v) is 1.90. The van der Waals surface area contributed by atoms with E-state index in [1.807, 2.05) is 0 Å². The van der Waals surface area contributed by atoms with Crippen molar-refractivity contribution in [3.63, 3.8) is 0 Å². The number of carbonyl (C=O) groups is 1. The first-order valence-corrected chi connectivity index (χ1v) is 5.65. The molecular weight excluding hydrogens is 281 g/mol. The summed E-state index contributed by atoms with van der Waals surface area (Å²) in [5.74, 6) is -0.404. The molecule has 1 aliphatic rings. The third-order valence-electron chi connectivity index (χ3n) is 2.89. The lowest BCUT2D eigenvalue weighted by Gasteiger charge is -2.12. The Kier molecular flexibility index (Phi) is 5.20. The second kappa shape index (κ2) is 6.25. The molecule has 1 heterocycles. The molecule has 2 rings (SSSR count). The zero-order chi connectivity index (χ0) is 13.2. The first-order valence-electron chi connectivity index (χ1n) is 5.65. The highest BCUT2D eigenvalue weighted by Crippen LogP contribution is 2.30. The van der Waals surface area contributed by atoms with Crippen LogP contribution < -0.4 is 10.6 Å². The molecule has 1 fully saturated rings. The molecule has 1 saturated heterocycles. The maximum Gasteiger partial charge on any atom is 0.416 e. The Labute approximate surface area is 115 Å². The molecule has 0 aliphatic carbocycles. The molecule has 1 aromatic rings. The lowest BCUT2D eigenvalue weighted by atomic mass is 10.1. The SMILES string of the molecule is Cl.O=C(Nc1cccc(C(F)(F)F)c1)C1CCNC1. The first-order chi connectivity index (χ1) is 8.47. The van der Waals surface area contributed by atoms with E-state index in [2.05, 4.69) is 10.6 Å². The van der Waals surface area contributed by atoms with Crippen LogP contribution in [0.15, 0.2) is 24.3 Å². The summed E-state index contributed by atoms with van der Waals surface area (Å²) in [6.45, 7) is 1.34. The lowest BCUT2D eigenvalue weighted by molar-refractivity contribution is -0.137. The van der Waals surface area contributed by atoms with Gasteiger partial charge in [0.25, 0.3) is 0 Å². The molecule has 1 amide bonds. The highest BCUT2D eigenvalue weighted by Gasteiger charge is 2.30. The fraction of sp³-hybridized carbons (Fsp3) is 0.417. The molecule has 0 bridgehead atoms. The minimum absolute atomic E-state index is 0. The van der Waals surface area contributed by atoms with Gasteiger partial charge in [-0.25, -0.2) is 0 Å². The Morgan fingerprint density at radius 3 is 2.68 bits per heavy atom. The van der Waals surface area contributed by atoms with Crippen molar-refractivity contribution in [1.29, 1.82) is 0 Å². The van der Waals surface area contributed by atoms with Gasteiger partial charge in [-0.05, 0) is 31.2 Å². The van der Waals surface area contributed by atoms with E-state index >= 15 is 0 Å². The molecule has 19 heavy (non-hydrogen) atoms. The largest absolute Gasteiger partial charge is 0.416 e. The van der Waals surface area contributed by atoms with E-state index in [0.29, 0.717) is 13.0 Å². The van der Waals surface area contributed by atoms with Crippen molar-refractivity contribution in [2.75, 3.05) is 18.4 Å². The van der Waals surface area contributed by atoms with Crippen LogP contribution in [0.25, 0.3) is 0 Å². The van der Waals surface area contributed by atoms with Crippen molar-refractivity contribution in [2.45, 2.75) is 12.6 Å². The van der Waals surface area contributed by atoms with Crippen LogP contribution in [0.3, 0.4) is 0 Å². The molecule has 1 aromatic carbocycles. The monoisotopic (exact) mass is 294 g/mol. The van der Waals surface area contributed by atoms with Gasteiger partial charge in [-0.3, -0.25) is 4.79 Å². The van der Waals surface area contributed by atoms with Gasteiger partial charge in [0.1, 0.15) is 0 Å². The predicted molar refractivity (Wildman–Crippen MR) is 68.3 cm³/mol. The highest BCUT2D eigenvalue weighted by atomic mass is 35.5. The molecule has 106 valence electrons. The number of benzene rings is 1. The summed E-state index contributed by atoms with van der Waals surface area (Å²) < 4.78 is 37.5. The Morgan fingerprint density at radius 2 is 2.11 bits per heavy atom. The molecule has 0 spiro atoms. The maximum absolute atomic E-state index is 12.5. The molecule has 3 nitrogen and oxygen atoms in total. The summed E-state index contributed by atoms with van der Waals surface area (Å²) in [6.07, 6.45) is -3.68.